The maximum absolute atomic E-state index is 11.6. The zero-order chi connectivity index (χ0) is 23.4. The molecule has 0 radical (unpaired) electrons. The van der Waals surface area contributed by atoms with Crippen LogP contribution >= 0.6 is 0 Å². The number of esters is 1. The normalized spacial score (nSPS) is 23.6. The van der Waals surface area contributed by atoms with E-state index in [9.17, 15) is 4.79 Å². The Morgan fingerprint density at radius 1 is 0.824 bits per heavy atom. The van der Waals surface area contributed by atoms with Gasteiger partial charge in [0.1, 0.15) is 5.60 Å². The Balaban J connectivity index is 1.35. The minimum atomic E-state index is -0.649. The zero-order valence-electron chi connectivity index (χ0n) is 19.7. The van der Waals surface area contributed by atoms with E-state index in [2.05, 4.69) is 91.0 Å². The third-order valence-electron chi connectivity index (χ3n) is 7.24. The largest absolute Gasteiger partial charge is 0.463 e. The van der Waals surface area contributed by atoms with Crippen molar-refractivity contribution < 1.29 is 14.3 Å². The van der Waals surface area contributed by atoms with Gasteiger partial charge in [-0.05, 0) is 60.1 Å². The molecule has 2 saturated carbocycles. The highest BCUT2D eigenvalue weighted by atomic mass is 16.5. The predicted molar refractivity (Wildman–Crippen MR) is 134 cm³/mol. The van der Waals surface area contributed by atoms with Crippen LogP contribution in [0.4, 0.5) is 0 Å². The Morgan fingerprint density at radius 2 is 1.35 bits per heavy atom. The van der Waals surface area contributed by atoms with E-state index in [4.69, 9.17) is 9.47 Å². The van der Waals surface area contributed by atoms with Crippen molar-refractivity contribution in [3.05, 3.63) is 120 Å². The van der Waals surface area contributed by atoms with E-state index < -0.39 is 5.60 Å². The van der Waals surface area contributed by atoms with Gasteiger partial charge in [0.25, 0.3) is 0 Å². The van der Waals surface area contributed by atoms with Crippen LogP contribution in [-0.2, 0) is 19.9 Å². The first-order valence-electron chi connectivity index (χ1n) is 12.4. The van der Waals surface area contributed by atoms with Gasteiger partial charge in [0, 0.05) is 6.08 Å². The highest BCUT2D eigenvalue weighted by Crippen LogP contribution is 2.59. The number of rotatable bonds is 10. The molecule has 3 aromatic rings. The van der Waals surface area contributed by atoms with Crippen molar-refractivity contribution in [2.75, 3.05) is 13.2 Å². The fourth-order valence-electron chi connectivity index (χ4n) is 5.33. The summed E-state index contributed by atoms with van der Waals surface area (Å²) in [6.07, 6.45) is 6.01. The quantitative estimate of drug-likeness (QED) is 0.203. The highest BCUT2D eigenvalue weighted by molar-refractivity contribution is 5.81. The Bertz CT molecular complexity index is 1010. The molecule has 0 amide bonds. The van der Waals surface area contributed by atoms with Crippen LogP contribution in [0.3, 0.4) is 0 Å². The average Bonchev–Trinajstić information content (AvgIpc) is 3.81. The maximum atomic E-state index is 11.6. The molecule has 0 heterocycles. The van der Waals surface area contributed by atoms with Gasteiger partial charge in [0.15, 0.2) is 0 Å². The van der Waals surface area contributed by atoms with Crippen LogP contribution in [0.25, 0.3) is 0 Å². The second-order valence-electron chi connectivity index (χ2n) is 9.42. The molecule has 4 atom stereocenters. The summed E-state index contributed by atoms with van der Waals surface area (Å²) in [4.78, 5) is 11.6. The molecule has 0 aliphatic heterocycles. The third kappa shape index (κ3) is 4.71. The number of hydrogen-bond donors (Lipinski definition) is 0. The van der Waals surface area contributed by atoms with Crippen LogP contribution in [0.1, 0.15) is 36.5 Å². The highest BCUT2D eigenvalue weighted by Gasteiger charge is 2.53. The molecular formula is C31H32O3. The Labute approximate surface area is 202 Å². The molecule has 0 aromatic heterocycles. The van der Waals surface area contributed by atoms with E-state index in [0.29, 0.717) is 36.9 Å². The number of hydrogen-bond acceptors (Lipinski definition) is 3. The van der Waals surface area contributed by atoms with Crippen molar-refractivity contribution >= 4 is 5.97 Å². The van der Waals surface area contributed by atoms with Gasteiger partial charge >= 0.3 is 5.97 Å². The van der Waals surface area contributed by atoms with E-state index in [1.165, 1.54) is 6.42 Å². The molecule has 0 spiro atoms. The van der Waals surface area contributed by atoms with Crippen molar-refractivity contribution in [1.82, 2.24) is 0 Å². The smallest absolute Gasteiger partial charge is 0.330 e. The van der Waals surface area contributed by atoms with Crippen LogP contribution in [0, 0.1) is 23.7 Å². The summed E-state index contributed by atoms with van der Waals surface area (Å²) in [7, 11) is 0. The molecule has 2 aliphatic carbocycles. The second-order valence-corrected chi connectivity index (χ2v) is 9.42. The Hall–Kier alpha value is -3.17. The number of allylic oxidation sites excluding steroid dienone is 1. The first-order valence-corrected chi connectivity index (χ1v) is 12.4. The summed E-state index contributed by atoms with van der Waals surface area (Å²) >= 11 is 0. The first-order chi connectivity index (χ1) is 16.7. The summed E-state index contributed by atoms with van der Waals surface area (Å²) < 4.78 is 12.0. The molecule has 0 saturated heterocycles. The average molecular weight is 453 g/mol. The summed E-state index contributed by atoms with van der Waals surface area (Å²) in [6, 6.07) is 31.7. The van der Waals surface area contributed by atoms with Gasteiger partial charge in [0.05, 0.1) is 13.2 Å². The van der Waals surface area contributed by atoms with E-state index in [1.807, 2.05) is 13.0 Å². The van der Waals surface area contributed by atoms with Crippen LogP contribution in [-0.4, -0.2) is 19.2 Å². The predicted octanol–water partition coefficient (Wildman–Crippen LogP) is 6.39. The van der Waals surface area contributed by atoms with Crippen molar-refractivity contribution in [2.45, 2.75) is 25.4 Å². The van der Waals surface area contributed by atoms with E-state index in [1.54, 1.807) is 6.08 Å². The molecule has 3 aromatic carbocycles. The molecule has 174 valence electrons. The molecule has 0 bridgehead atoms. The van der Waals surface area contributed by atoms with E-state index in [0.717, 1.165) is 23.1 Å². The number of carbonyl (C=O) groups is 1. The van der Waals surface area contributed by atoms with E-state index in [-0.39, 0.29) is 5.97 Å². The third-order valence-corrected chi connectivity index (χ3v) is 7.24. The van der Waals surface area contributed by atoms with Crippen molar-refractivity contribution in [2.24, 2.45) is 23.7 Å². The standard InChI is InChI=1S/C31H32O3/c1-2-33-30(32)19-18-23-20-28(23)29-21-24(29)22-34-31(25-12-6-3-7-13-25,26-14-8-4-9-15-26)27-16-10-5-11-17-27/h3-19,23-24,28-29H,2,20-22H2,1H3/b19-18+/t23-,24+,28-,29-/m0/s1. The molecule has 0 unspecified atom stereocenters. The topological polar surface area (TPSA) is 35.5 Å². The maximum Gasteiger partial charge on any atom is 0.330 e. The summed E-state index contributed by atoms with van der Waals surface area (Å²) in [5.74, 6) is 2.17. The second kappa shape index (κ2) is 9.99. The van der Waals surface area contributed by atoms with Crippen molar-refractivity contribution in [3.8, 4) is 0 Å². The van der Waals surface area contributed by atoms with Gasteiger partial charge in [-0.15, -0.1) is 0 Å². The lowest BCUT2D eigenvalue weighted by Gasteiger charge is -2.36. The fraction of sp³-hybridized carbons (Fsp3) is 0.323. The van der Waals surface area contributed by atoms with Crippen molar-refractivity contribution in [1.29, 1.82) is 0 Å². The molecular weight excluding hydrogens is 420 g/mol. The summed E-state index contributed by atoms with van der Waals surface area (Å²) in [5, 5.41) is 0. The van der Waals surface area contributed by atoms with Gasteiger partial charge in [-0.3, -0.25) is 0 Å². The Kier molecular flexibility index (Phi) is 6.64. The molecule has 5 rings (SSSR count). The Morgan fingerprint density at radius 3 is 1.85 bits per heavy atom. The lowest BCUT2D eigenvalue weighted by atomic mass is 9.80. The first kappa shape index (κ1) is 22.6. The number of ether oxygens (including phenoxy) is 2. The minimum Gasteiger partial charge on any atom is -0.463 e. The SMILES string of the molecule is CCOC(=O)/C=C/[C@H]1C[C@@H]1[C@H]1C[C@@H]1COC(c1ccccc1)(c1ccccc1)c1ccccc1. The zero-order valence-corrected chi connectivity index (χ0v) is 19.7. The lowest BCUT2D eigenvalue weighted by molar-refractivity contribution is -0.137. The van der Waals surface area contributed by atoms with Crippen LogP contribution in [0.5, 0.6) is 0 Å². The van der Waals surface area contributed by atoms with E-state index >= 15 is 0 Å². The molecule has 34 heavy (non-hydrogen) atoms. The summed E-state index contributed by atoms with van der Waals surface area (Å²) in [6.45, 7) is 2.97. The van der Waals surface area contributed by atoms with Gasteiger partial charge in [-0.2, -0.15) is 0 Å². The van der Waals surface area contributed by atoms with Crippen LogP contribution < -0.4 is 0 Å². The van der Waals surface area contributed by atoms with Gasteiger partial charge in [-0.1, -0.05) is 97.1 Å². The monoisotopic (exact) mass is 452 g/mol. The summed E-state index contributed by atoms with van der Waals surface area (Å²) in [5.41, 5.74) is 2.78. The molecule has 2 fully saturated rings. The molecule has 2 aliphatic rings. The lowest BCUT2D eigenvalue weighted by Crippen LogP contribution is -2.33. The van der Waals surface area contributed by atoms with Crippen LogP contribution in [0.2, 0.25) is 0 Å². The van der Waals surface area contributed by atoms with Gasteiger partial charge in [-0.25, -0.2) is 4.79 Å². The number of carbonyl (C=O) groups excluding carboxylic acids is 1. The molecule has 3 heteroatoms. The minimum absolute atomic E-state index is 0.234. The van der Waals surface area contributed by atoms with Gasteiger partial charge in [0.2, 0.25) is 0 Å². The fourth-order valence-corrected chi connectivity index (χ4v) is 5.33. The van der Waals surface area contributed by atoms with Gasteiger partial charge < -0.3 is 9.47 Å². The van der Waals surface area contributed by atoms with Crippen molar-refractivity contribution in [3.63, 3.8) is 0 Å². The molecule has 3 nitrogen and oxygen atoms in total. The number of benzene rings is 3. The molecule has 0 N–H and O–H groups in total. The van der Waals surface area contributed by atoms with Crippen LogP contribution in [0.15, 0.2) is 103 Å².